The predicted molar refractivity (Wildman–Crippen MR) is 156 cm³/mol. The van der Waals surface area contributed by atoms with Crippen LogP contribution in [0.2, 0.25) is 0 Å². The highest BCUT2D eigenvalue weighted by Crippen LogP contribution is 2.31. The number of benzene rings is 5. The fourth-order valence-corrected chi connectivity index (χ4v) is 4.80. The van der Waals surface area contributed by atoms with Gasteiger partial charge in [-0.15, -0.1) is 0 Å². The Morgan fingerprint density at radius 1 is 0.425 bits per heavy atom. The molecule has 7 aromatic rings. The molecule has 2 heterocycles. The lowest BCUT2D eigenvalue weighted by atomic mass is 10.1. The molecule has 0 atom stereocenters. The van der Waals surface area contributed by atoms with Crippen LogP contribution in [0.15, 0.2) is 133 Å². The highest BCUT2D eigenvalue weighted by Gasteiger charge is 2.17. The van der Waals surface area contributed by atoms with E-state index in [9.17, 15) is 4.39 Å². The molecule has 0 spiro atoms. The van der Waals surface area contributed by atoms with Crippen molar-refractivity contribution < 1.29 is 4.39 Å². The zero-order chi connectivity index (χ0) is 26.9. The van der Waals surface area contributed by atoms with Gasteiger partial charge in [0.15, 0.2) is 17.5 Å². The van der Waals surface area contributed by atoms with Gasteiger partial charge in [0.2, 0.25) is 0 Å². The lowest BCUT2D eigenvalue weighted by Crippen LogP contribution is -2.01. The van der Waals surface area contributed by atoms with E-state index in [-0.39, 0.29) is 5.82 Å². The molecule has 0 unspecified atom stereocenters. The molecule has 0 fully saturated rings. The van der Waals surface area contributed by atoms with Gasteiger partial charge in [-0.2, -0.15) is 0 Å². The zero-order valence-electron chi connectivity index (χ0n) is 21.3. The largest absolute Gasteiger partial charge is 0.289 e. The van der Waals surface area contributed by atoms with E-state index >= 15 is 0 Å². The molecule has 5 aromatic carbocycles. The van der Waals surface area contributed by atoms with E-state index in [1.165, 1.54) is 6.07 Å². The highest BCUT2D eigenvalue weighted by molar-refractivity contribution is 5.83. The number of para-hydroxylation sites is 3. The fraction of sp³-hybridized carbons (Fsp3) is 0. The molecule has 190 valence electrons. The molecule has 6 heteroatoms. The van der Waals surface area contributed by atoms with Crippen LogP contribution < -0.4 is 0 Å². The molecule has 0 amide bonds. The topological polar surface area (TPSA) is 56.5 Å². The molecule has 5 nitrogen and oxygen atoms in total. The summed E-state index contributed by atoms with van der Waals surface area (Å²) in [5, 5.41) is 0. The molecule has 0 aliphatic rings. The van der Waals surface area contributed by atoms with Gasteiger partial charge in [0.05, 0.1) is 16.7 Å². The maximum absolute atomic E-state index is 14.9. The molecular weight excluding hydrogens is 497 g/mol. The van der Waals surface area contributed by atoms with Gasteiger partial charge in [-0.25, -0.2) is 24.3 Å². The Morgan fingerprint density at radius 2 is 0.900 bits per heavy atom. The predicted octanol–water partition coefficient (Wildman–Crippen LogP) is 8.02. The summed E-state index contributed by atoms with van der Waals surface area (Å²) in [5.74, 6) is 2.13. The SMILES string of the molecule is Fc1ccccc1-n1c(-c2ccc(-c3nc(-c4ccccc4)nc(-c4ccccc4)n3)cc2)nc2ccccc21. The van der Waals surface area contributed by atoms with Crippen molar-refractivity contribution in [3.63, 3.8) is 0 Å². The number of imidazole rings is 1. The Bertz CT molecular complexity index is 1890. The van der Waals surface area contributed by atoms with Crippen LogP contribution in [0.1, 0.15) is 0 Å². The number of nitrogens with zero attached hydrogens (tertiary/aromatic N) is 5. The van der Waals surface area contributed by atoms with Crippen LogP contribution in [0.4, 0.5) is 4.39 Å². The van der Waals surface area contributed by atoms with Gasteiger partial charge in [-0.05, 0) is 24.3 Å². The fourth-order valence-electron chi connectivity index (χ4n) is 4.80. The maximum Gasteiger partial charge on any atom is 0.164 e. The van der Waals surface area contributed by atoms with Crippen molar-refractivity contribution in [1.29, 1.82) is 0 Å². The van der Waals surface area contributed by atoms with E-state index in [0.29, 0.717) is 29.0 Å². The molecule has 0 aliphatic carbocycles. The molecule has 0 N–H and O–H groups in total. The second-order valence-electron chi connectivity index (χ2n) is 9.33. The summed E-state index contributed by atoms with van der Waals surface area (Å²) in [4.78, 5) is 19.3. The quantitative estimate of drug-likeness (QED) is 0.231. The first-order valence-corrected chi connectivity index (χ1v) is 12.9. The lowest BCUT2D eigenvalue weighted by molar-refractivity contribution is 0.620. The van der Waals surface area contributed by atoms with Crippen molar-refractivity contribution in [2.75, 3.05) is 0 Å². The van der Waals surface area contributed by atoms with Crippen LogP contribution in [0.25, 0.3) is 62.3 Å². The molecule has 0 saturated heterocycles. The van der Waals surface area contributed by atoms with Crippen LogP contribution in [-0.2, 0) is 0 Å². The second kappa shape index (κ2) is 10.0. The third-order valence-corrected chi connectivity index (χ3v) is 6.75. The zero-order valence-corrected chi connectivity index (χ0v) is 21.3. The van der Waals surface area contributed by atoms with Crippen LogP contribution in [0, 0.1) is 5.82 Å². The van der Waals surface area contributed by atoms with E-state index in [1.807, 2.05) is 120 Å². The van der Waals surface area contributed by atoms with E-state index in [4.69, 9.17) is 19.9 Å². The lowest BCUT2D eigenvalue weighted by Gasteiger charge is -2.11. The average molecular weight is 520 g/mol. The van der Waals surface area contributed by atoms with Crippen molar-refractivity contribution in [2.45, 2.75) is 0 Å². The molecule has 40 heavy (non-hydrogen) atoms. The van der Waals surface area contributed by atoms with Crippen molar-refractivity contribution in [3.8, 4) is 51.2 Å². The minimum absolute atomic E-state index is 0.310. The van der Waals surface area contributed by atoms with Crippen LogP contribution in [0.3, 0.4) is 0 Å². The first-order chi connectivity index (χ1) is 19.7. The van der Waals surface area contributed by atoms with Gasteiger partial charge in [0, 0.05) is 22.3 Å². The van der Waals surface area contributed by atoms with Crippen molar-refractivity contribution in [3.05, 3.63) is 139 Å². The smallest absolute Gasteiger partial charge is 0.164 e. The monoisotopic (exact) mass is 519 g/mol. The number of fused-ring (bicyclic) bond motifs is 1. The molecule has 2 aromatic heterocycles. The summed E-state index contributed by atoms with van der Waals surface area (Å²) in [6.07, 6.45) is 0. The molecule has 0 radical (unpaired) electrons. The summed E-state index contributed by atoms with van der Waals surface area (Å²) in [6, 6.07) is 42.2. The first kappa shape index (κ1) is 23.6. The normalized spacial score (nSPS) is 11.1. The van der Waals surface area contributed by atoms with E-state index < -0.39 is 0 Å². The van der Waals surface area contributed by atoms with Gasteiger partial charge in [-0.3, -0.25) is 4.57 Å². The number of aromatic nitrogens is 5. The van der Waals surface area contributed by atoms with Gasteiger partial charge in [-0.1, -0.05) is 109 Å². The maximum atomic E-state index is 14.9. The van der Waals surface area contributed by atoms with Crippen molar-refractivity contribution in [2.24, 2.45) is 0 Å². The minimum Gasteiger partial charge on any atom is -0.289 e. The molecule has 0 bridgehead atoms. The Labute approximate surface area is 230 Å². The van der Waals surface area contributed by atoms with E-state index in [1.54, 1.807) is 12.1 Å². The Balaban J connectivity index is 1.35. The van der Waals surface area contributed by atoms with Crippen molar-refractivity contribution >= 4 is 11.0 Å². The second-order valence-corrected chi connectivity index (χ2v) is 9.33. The van der Waals surface area contributed by atoms with Crippen LogP contribution in [0.5, 0.6) is 0 Å². The summed E-state index contributed by atoms with van der Waals surface area (Å²) in [7, 11) is 0. The molecule has 7 rings (SSSR count). The molecule has 0 aliphatic heterocycles. The standard InChI is InChI=1S/C34H22FN5/c35-27-15-7-9-17-29(27)40-30-18-10-8-16-28(30)36-34(40)26-21-19-25(20-22-26)33-38-31(23-11-3-1-4-12-23)37-32(39-33)24-13-5-2-6-14-24/h1-22H. The Hall–Kier alpha value is -5.49. The van der Waals surface area contributed by atoms with Gasteiger partial charge in [0.25, 0.3) is 0 Å². The van der Waals surface area contributed by atoms with Crippen LogP contribution in [-0.4, -0.2) is 24.5 Å². The van der Waals surface area contributed by atoms with Gasteiger partial charge < -0.3 is 0 Å². The molecular formula is C34H22FN5. The minimum atomic E-state index is -0.310. The third-order valence-electron chi connectivity index (χ3n) is 6.75. The van der Waals surface area contributed by atoms with E-state index in [0.717, 1.165) is 33.3 Å². The van der Waals surface area contributed by atoms with E-state index in [2.05, 4.69) is 0 Å². The van der Waals surface area contributed by atoms with Gasteiger partial charge in [0.1, 0.15) is 11.6 Å². The first-order valence-electron chi connectivity index (χ1n) is 12.9. The summed E-state index contributed by atoms with van der Waals surface area (Å²) in [5.41, 5.74) is 5.61. The summed E-state index contributed by atoms with van der Waals surface area (Å²) in [6.45, 7) is 0. The number of hydrogen-bond acceptors (Lipinski definition) is 4. The third kappa shape index (κ3) is 4.31. The Morgan fingerprint density at radius 3 is 1.50 bits per heavy atom. The van der Waals surface area contributed by atoms with Gasteiger partial charge >= 0.3 is 0 Å². The number of halogens is 1. The number of hydrogen-bond donors (Lipinski definition) is 0. The summed E-state index contributed by atoms with van der Waals surface area (Å²) < 4.78 is 16.8. The average Bonchev–Trinajstić information content (AvgIpc) is 3.41. The molecule has 0 saturated carbocycles. The van der Waals surface area contributed by atoms with Crippen molar-refractivity contribution in [1.82, 2.24) is 24.5 Å². The number of rotatable bonds is 5. The van der Waals surface area contributed by atoms with Crippen LogP contribution >= 0.6 is 0 Å². The summed E-state index contributed by atoms with van der Waals surface area (Å²) >= 11 is 0. The Kier molecular flexibility index (Phi) is 5.90. The highest BCUT2D eigenvalue weighted by atomic mass is 19.1.